The highest BCUT2D eigenvalue weighted by molar-refractivity contribution is 6.02. The lowest BCUT2D eigenvalue weighted by Crippen LogP contribution is -2.60. The van der Waals surface area contributed by atoms with E-state index >= 15 is 0 Å². The van der Waals surface area contributed by atoms with E-state index in [0.717, 1.165) is 61.3 Å². The van der Waals surface area contributed by atoms with E-state index in [-0.39, 0.29) is 34.1 Å². The van der Waals surface area contributed by atoms with Gasteiger partial charge >= 0.3 is 6.03 Å². The Morgan fingerprint density at radius 2 is 1.20 bits per heavy atom. The molecule has 3 unspecified atom stereocenters. The molecule has 1 saturated carbocycles. The zero-order chi connectivity index (χ0) is 36.9. The van der Waals surface area contributed by atoms with Gasteiger partial charge in [-0.15, -0.1) is 0 Å². The first-order valence-electron chi connectivity index (χ1n) is 20.3. The zero-order valence-electron chi connectivity index (χ0n) is 33.9. The first-order valence-corrected chi connectivity index (χ1v) is 20.3. The second kappa shape index (κ2) is 14.1. The van der Waals surface area contributed by atoms with Gasteiger partial charge in [0.1, 0.15) is 0 Å². The smallest absolute Gasteiger partial charge is 0.340 e. The molecule has 3 atom stereocenters. The van der Waals surface area contributed by atoms with Gasteiger partial charge in [0.2, 0.25) is 12.1 Å². The highest BCUT2D eigenvalue weighted by Crippen LogP contribution is 2.49. The number of benzene rings is 2. The molecule has 1 aliphatic carbocycles. The summed E-state index contributed by atoms with van der Waals surface area (Å²) in [6.07, 6.45) is 15.3. The molecule has 2 aromatic rings. The number of hydrogen-bond donors (Lipinski definition) is 0. The van der Waals surface area contributed by atoms with E-state index in [1.54, 1.807) is 0 Å². The molecule has 0 radical (unpaired) electrons. The van der Waals surface area contributed by atoms with E-state index in [1.165, 1.54) is 49.7 Å². The van der Waals surface area contributed by atoms with Crippen LogP contribution in [0.2, 0.25) is 0 Å². The fraction of sp³-hybridized carbons (Fsp3) is 0.667. The lowest BCUT2D eigenvalue weighted by molar-refractivity contribution is -0.866. The van der Waals surface area contributed by atoms with Crippen molar-refractivity contribution in [2.45, 2.75) is 175 Å². The Hall–Kier alpha value is -2.99. The van der Waals surface area contributed by atoms with Crippen LogP contribution >= 0.6 is 0 Å². The average Bonchev–Trinajstić information content (AvgIpc) is 3.33. The minimum atomic E-state index is -1.18. The van der Waals surface area contributed by atoms with Gasteiger partial charge in [-0.1, -0.05) is 104 Å². The number of unbranched alkanes of at least 4 members (excludes halogenated alkanes) is 2. The highest BCUT2D eigenvalue weighted by atomic mass is 16.7. The van der Waals surface area contributed by atoms with Crippen molar-refractivity contribution >= 4 is 18.2 Å². The van der Waals surface area contributed by atoms with Crippen LogP contribution in [0.4, 0.5) is 0 Å². The molecule has 0 aromatic heterocycles. The van der Waals surface area contributed by atoms with Crippen LogP contribution in [-0.2, 0) is 16.2 Å². The number of Topliss-reactive ketones (excluding diaryl/α,β-unsaturated/α-hetero) is 1. The predicted molar refractivity (Wildman–Crippen MR) is 210 cm³/mol. The van der Waals surface area contributed by atoms with Crippen molar-refractivity contribution in [1.29, 1.82) is 0 Å². The Balaban J connectivity index is 1.44. The largest absolute Gasteiger partial charge is 0.704 e. The molecule has 3 heterocycles. The van der Waals surface area contributed by atoms with Crippen LogP contribution in [0.25, 0.3) is 0 Å². The SMILES string of the molecule is CCCCN(CCCC)CCCC(=O)c1cc(C(C)(C)C)cc2c1OC13Oc4c(cc(C(C)(C)C)cc4C(C)(C)C)C=[N+]1C1CCCCC1[N+]3=C2. The standard InChI is InChI=1S/C45H67N3O3/c1-12-14-22-46(23-15-13-2)24-18-21-39(49)35-27-33(42(3,4)5)25-31-29-47-37-19-16-17-20-38(37)48-30-32-26-34(43(6,7)8)28-36(44(9,10)11)41(32)51-45(47,48)50-40(31)35/h25-30,37-38H,12-24H2,1-11H3/q+2. The summed E-state index contributed by atoms with van der Waals surface area (Å²) in [6.45, 7) is 28.1. The summed E-state index contributed by atoms with van der Waals surface area (Å²) in [5.41, 5.74) is 6.20. The van der Waals surface area contributed by atoms with Crippen LogP contribution in [0.3, 0.4) is 0 Å². The molecule has 6 nitrogen and oxygen atoms in total. The second-order valence-corrected chi connectivity index (χ2v) is 19.0. The third-order valence-corrected chi connectivity index (χ3v) is 11.7. The Labute approximate surface area is 309 Å². The van der Waals surface area contributed by atoms with E-state index in [0.29, 0.717) is 17.7 Å². The van der Waals surface area contributed by atoms with Gasteiger partial charge in [0.15, 0.2) is 29.7 Å². The minimum absolute atomic E-state index is 0.000460. The van der Waals surface area contributed by atoms with Gasteiger partial charge in [-0.3, -0.25) is 4.79 Å². The quantitative estimate of drug-likeness (QED) is 0.173. The van der Waals surface area contributed by atoms with Crippen molar-refractivity contribution in [1.82, 2.24) is 4.90 Å². The van der Waals surface area contributed by atoms with E-state index in [9.17, 15) is 4.79 Å². The molecule has 2 aromatic carbocycles. The normalized spacial score (nSPS) is 22.5. The molecule has 0 N–H and O–H groups in total. The van der Waals surface area contributed by atoms with Crippen LogP contribution in [-0.4, -0.2) is 70.0 Å². The maximum atomic E-state index is 14.4. The molecule has 3 aliphatic heterocycles. The van der Waals surface area contributed by atoms with Crippen molar-refractivity contribution in [3.05, 3.63) is 57.6 Å². The summed E-state index contributed by atoms with van der Waals surface area (Å²) < 4.78 is 19.5. The fourth-order valence-corrected chi connectivity index (χ4v) is 8.49. The molecule has 1 saturated heterocycles. The lowest BCUT2D eigenvalue weighted by Gasteiger charge is -2.33. The van der Waals surface area contributed by atoms with Crippen LogP contribution < -0.4 is 9.47 Å². The molecule has 6 rings (SSSR count). The van der Waals surface area contributed by atoms with Crippen LogP contribution in [0.1, 0.15) is 179 Å². The number of hydrogen-bond acceptors (Lipinski definition) is 4. The van der Waals surface area contributed by atoms with Gasteiger partial charge in [-0.25, -0.2) is 0 Å². The number of ketones is 1. The number of carbonyl (C=O) groups excluding carboxylic acids is 1. The van der Waals surface area contributed by atoms with E-state index in [2.05, 4.69) is 127 Å². The van der Waals surface area contributed by atoms with Gasteiger partial charge in [-0.2, -0.15) is 0 Å². The molecule has 1 spiro atoms. The summed E-state index contributed by atoms with van der Waals surface area (Å²) in [7, 11) is 0. The maximum Gasteiger partial charge on any atom is 0.704 e. The monoisotopic (exact) mass is 698 g/mol. The molecular formula is C45H67N3O3+2. The molecule has 0 bridgehead atoms. The van der Waals surface area contributed by atoms with Crippen molar-refractivity contribution in [2.75, 3.05) is 19.6 Å². The molecule has 51 heavy (non-hydrogen) atoms. The Bertz CT molecular complexity index is 1690. The molecule has 4 aliphatic rings. The third kappa shape index (κ3) is 7.33. The Morgan fingerprint density at radius 3 is 1.71 bits per heavy atom. The maximum absolute atomic E-state index is 14.4. The summed E-state index contributed by atoms with van der Waals surface area (Å²) in [6, 6.07) is 8.38. The molecular weight excluding hydrogens is 631 g/mol. The molecule has 6 heteroatoms. The van der Waals surface area contributed by atoms with Gasteiger partial charge < -0.3 is 14.4 Å². The van der Waals surface area contributed by atoms with Gasteiger partial charge in [0.05, 0.1) is 16.7 Å². The summed E-state index contributed by atoms with van der Waals surface area (Å²) in [5.74, 6) is 1.72. The molecule has 0 amide bonds. The summed E-state index contributed by atoms with van der Waals surface area (Å²) >= 11 is 0. The second-order valence-electron chi connectivity index (χ2n) is 19.0. The predicted octanol–water partition coefficient (Wildman–Crippen LogP) is 9.73. The van der Waals surface area contributed by atoms with Crippen LogP contribution in [0.5, 0.6) is 11.5 Å². The van der Waals surface area contributed by atoms with Crippen LogP contribution in [0, 0.1) is 0 Å². The minimum Gasteiger partial charge on any atom is -0.340 e. The van der Waals surface area contributed by atoms with Crippen molar-refractivity contribution < 1.29 is 23.4 Å². The lowest BCUT2D eigenvalue weighted by atomic mass is 9.79. The van der Waals surface area contributed by atoms with Gasteiger partial charge in [0, 0.05) is 24.8 Å². The first-order chi connectivity index (χ1) is 24.0. The van der Waals surface area contributed by atoms with Gasteiger partial charge in [-0.05, 0) is 97.3 Å². The molecule has 278 valence electrons. The van der Waals surface area contributed by atoms with Crippen LogP contribution in [0.15, 0.2) is 24.3 Å². The Morgan fingerprint density at radius 1 is 0.706 bits per heavy atom. The number of carbonyl (C=O) groups is 1. The topological polar surface area (TPSA) is 44.8 Å². The van der Waals surface area contributed by atoms with Gasteiger partial charge in [0.25, 0.3) is 0 Å². The summed E-state index contributed by atoms with van der Waals surface area (Å²) in [4.78, 5) is 17.0. The number of fused-ring (bicyclic) bond motifs is 5. The highest BCUT2D eigenvalue weighted by Gasteiger charge is 2.77. The van der Waals surface area contributed by atoms with Crippen molar-refractivity contribution in [3.63, 3.8) is 0 Å². The van der Waals surface area contributed by atoms with E-state index < -0.39 is 6.03 Å². The number of ether oxygens (including phenoxy) is 2. The Kier molecular flexibility index (Phi) is 10.4. The van der Waals surface area contributed by atoms with E-state index in [1.807, 2.05) is 0 Å². The number of nitrogens with zero attached hydrogens (tertiary/aromatic N) is 3. The van der Waals surface area contributed by atoms with E-state index in [4.69, 9.17) is 9.47 Å². The van der Waals surface area contributed by atoms with Crippen molar-refractivity contribution in [2.24, 2.45) is 0 Å². The van der Waals surface area contributed by atoms with Crippen molar-refractivity contribution in [3.8, 4) is 11.5 Å². The third-order valence-electron chi connectivity index (χ3n) is 11.7. The summed E-state index contributed by atoms with van der Waals surface area (Å²) in [5, 5.41) is 0. The first kappa shape index (κ1) is 37.8. The zero-order valence-corrected chi connectivity index (χ0v) is 33.9. The molecule has 2 fully saturated rings. The number of rotatable bonds is 11. The average molecular weight is 698 g/mol. The fourth-order valence-electron chi connectivity index (χ4n) is 8.49.